The van der Waals surface area contributed by atoms with Crippen LogP contribution in [0, 0.1) is 5.41 Å². The van der Waals surface area contributed by atoms with Gasteiger partial charge >= 0.3 is 12.0 Å². The van der Waals surface area contributed by atoms with Gasteiger partial charge in [-0.1, -0.05) is 20.8 Å². The number of carbonyl (C=O) groups is 2. The molecule has 1 atom stereocenters. The zero-order valence-electron chi connectivity index (χ0n) is 13.4. The number of likely N-dealkylation sites (tertiary alicyclic amines) is 1. The first-order valence-corrected chi connectivity index (χ1v) is 7.77. The molecule has 0 saturated carbocycles. The minimum absolute atomic E-state index is 0.0648. The van der Waals surface area contributed by atoms with E-state index in [0.29, 0.717) is 6.54 Å². The number of aliphatic carboxylic acids is 1. The van der Waals surface area contributed by atoms with Crippen molar-refractivity contribution in [3.05, 3.63) is 0 Å². The average Bonchev–Trinajstić information content (AvgIpc) is 2.85. The number of rotatable bonds is 7. The van der Waals surface area contributed by atoms with Crippen LogP contribution in [0.2, 0.25) is 0 Å². The van der Waals surface area contributed by atoms with Gasteiger partial charge in [-0.3, -0.25) is 4.79 Å². The maximum absolute atomic E-state index is 11.8. The van der Waals surface area contributed by atoms with E-state index < -0.39 is 5.97 Å². The van der Waals surface area contributed by atoms with Gasteiger partial charge < -0.3 is 20.6 Å². The second-order valence-corrected chi connectivity index (χ2v) is 6.82. The van der Waals surface area contributed by atoms with E-state index in [2.05, 4.69) is 15.5 Å². The molecule has 21 heavy (non-hydrogen) atoms. The molecule has 1 heterocycles. The van der Waals surface area contributed by atoms with Crippen LogP contribution in [-0.2, 0) is 4.79 Å². The van der Waals surface area contributed by atoms with Crippen LogP contribution >= 0.6 is 0 Å². The summed E-state index contributed by atoms with van der Waals surface area (Å²) in [7, 11) is 0. The van der Waals surface area contributed by atoms with Gasteiger partial charge in [0, 0.05) is 12.6 Å². The highest BCUT2D eigenvalue weighted by Gasteiger charge is 2.28. The van der Waals surface area contributed by atoms with Crippen LogP contribution in [0.5, 0.6) is 0 Å². The summed E-state index contributed by atoms with van der Waals surface area (Å²) in [5.74, 6) is -0.899. The van der Waals surface area contributed by atoms with Crippen LogP contribution in [0.3, 0.4) is 0 Å². The monoisotopic (exact) mass is 299 g/mol. The lowest BCUT2D eigenvalue weighted by Crippen LogP contribution is -2.49. The van der Waals surface area contributed by atoms with E-state index in [1.807, 2.05) is 20.8 Å². The Morgan fingerprint density at radius 1 is 1.24 bits per heavy atom. The molecule has 122 valence electrons. The van der Waals surface area contributed by atoms with Gasteiger partial charge in [0.15, 0.2) is 0 Å². The first-order chi connectivity index (χ1) is 9.79. The molecule has 1 rings (SSSR count). The van der Waals surface area contributed by atoms with Crippen molar-refractivity contribution in [2.24, 2.45) is 5.41 Å². The third kappa shape index (κ3) is 7.32. The Kier molecular flexibility index (Phi) is 6.95. The summed E-state index contributed by atoms with van der Waals surface area (Å²) in [5, 5.41) is 14.5. The van der Waals surface area contributed by atoms with Gasteiger partial charge in [-0.15, -0.1) is 0 Å². The van der Waals surface area contributed by atoms with Crippen molar-refractivity contribution in [3.8, 4) is 0 Å². The summed E-state index contributed by atoms with van der Waals surface area (Å²) in [6, 6.07) is -0.661. The van der Waals surface area contributed by atoms with Gasteiger partial charge in [0.25, 0.3) is 0 Å². The molecule has 0 spiro atoms. The SMILES string of the molecule is CC(C)(C)C(CC(=O)O)NC(=O)NCCCN1CCCC1. The maximum Gasteiger partial charge on any atom is 0.315 e. The average molecular weight is 299 g/mol. The molecule has 0 aromatic carbocycles. The lowest BCUT2D eigenvalue weighted by molar-refractivity contribution is -0.138. The normalized spacial score (nSPS) is 17.5. The summed E-state index contributed by atoms with van der Waals surface area (Å²) in [6.45, 7) is 9.73. The van der Waals surface area contributed by atoms with Crippen LogP contribution in [0.1, 0.15) is 46.5 Å². The highest BCUT2D eigenvalue weighted by molar-refractivity contribution is 5.75. The van der Waals surface area contributed by atoms with Crippen LogP contribution in [0.4, 0.5) is 4.79 Å². The van der Waals surface area contributed by atoms with Gasteiger partial charge in [-0.25, -0.2) is 4.79 Å². The molecule has 6 nitrogen and oxygen atoms in total. The molecule has 1 unspecified atom stereocenters. The van der Waals surface area contributed by atoms with Gasteiger partial charge in [-0.2, -0.15) is 0 Å². The zero-order valence-corrected chi connectivity index (χ0v) is 13.4. The Morgan fingerprint density at radius 3 is 2.38 bits per heavy atom. The molecule has 2 amide bonds. The quantitative estimate of drug-likeness (QED) is 0.624. The number of amides is 2. The van der Waals surface area contributed by atoms with E-state index in [9.17, 15) is 9.59 Å². The molecular formula is C15H29N3O3. The summed E-state index contributed by atoms with van der Waals surface area (Å²) in [5.41, 5.74) is -0.286. The first kappa shape index (κ1) is 17.8. The van der Waals surface area contributed by atoms with Crippen molar-refractivity contribution < 1.29 is 14.7 Å². The molecule has 1 aliphatic rings. The summed E-state index contributed by atoms with van der Waals surface area (Å²) in [6.07, 6.45) is 3.41. The maximum atomic E-state index is 11.8. The fourth-order valence-corrected chi connectivity index (χ4v) is 2.47. The summed E-state index contributed by atoms with van der Waals surface area (Å²) in [4.78, 5) is 25.1. The van der Waals surface area contributed by atoms with E-state index in [1.165, 1.54) is 12.8 Å². The van der Waals surface area contributed by atoms with Gasteiger partial charge in [-0.05, 0) is 44.3 Å². The molecule has 0 radical (unpaired) electrons. The molecule has 1 saturated heterocycles. The smallest absolute Gasteiger partial charge is 0.315 e. The fourth-order valence-electron chi connectivity index (χ4n) is 2.47. The Morgan fingerprint density at radius 2 is 1.86 bits per heavy atom. The van der Waals surface area contributed by atoms with Gasteiger partial charge in [0.2, 0.25) is 0 Å². The lowest BCUT2D eigenvalue weighted by atomic mass is 9.85. The van der Waals surface area contributed by atoms with E-state index >= 15 is 0 Å². The van der Waals surface area contributed by atoms with E-state index in [0.717, 1.165) is 26.1 Å². The highest BCUT2D eigenvalue weighted by Crippen LogP contribution is 2.21. The zero-order chi connectivity index (χ0) is 15.9. The highest BCUT2D eigenvalue weighted by atomic mass is 16.4. The third-order valence-electron chi connectivity index (χ3n) is 3.86. The van der Waals surface area contributed by atoms with Crippen LogP contribution in [-0.4, -0.2) is 54.2 Å². The largest absolute Gasteiger partial charge is 0.481 e. The third-order valence-corrected chi connectivity index (χ3v) is 3.86. The Hall–Kier alpha value is -1.30. The number of hydrogen-bond acceptors (Lipinski definition) is 3. The predicted molar refractivity (Wildman–Crippen MR) is 82.3 cm³/mol. The van der Waals surface area contributed by atoms with E-state index in [4.69, 9.17) is 5.11 Å². The Bertz CT molecular complexity index is 347. The molecule has 3 N–H and O–H groups in total. The van der Waals surface area contributed by atoms with Crippen molar-refractivity contribution in [1.29, 1.82) is 0 Å². The number of nitrogens with zero attached hydrogens (tertiary/aromatic N) is 1. The summed E-state index contributed by atoms with van der Waals surface area (Å²) >= 11 is 0. The van der Waals surface area contributed by atoms with E-state index in [-0.39, 0.29) is 23.9 Å². The number of hydrogen-bond donors (Lipinski definition) is 3. The van der Waals surface area contributed by atoms with Crippen molar-refractivity contribution in [3.63, 3.8) is 0 Å². The molecule has 0 aromatic heterocycles. The number of nitrogens with one attached hydrogen (secondary N) is 2. The minimum atomic E-state index is -0.899. The molecule has 6 heteroatoms. The number of carboxylic acids is 1. The van der Waals surface area contributed by atoms with E-state index in [1.54, 1.807) is 0 Å². The lowest BCUT2D eigenvalue weighted by Gasteiger charge is -2.30. The molecule has 0 aliphatic carbocycles. The van der Waals surface area contributed by atoms with Gasteiger partial charge in [0.1, 0.15) is 0 Å². The molecule has 1 fully saturated rings. The first-order valence-electron chi connectivity index (χ1n) is 7.77. The number of urea groups is 1. The molecule has 0 aromatic rings. The number of carbonyl (C=O) groups excluding carboxylic acids is 1. The second-order valence-electron chi connectivity index (χ2n) is 6.82. The van der Waals surface area contributed by atoms with Crippen molar-refractivity contribution >= 4 is 12.0 Å². The van der Waals surface area contributed by atoms with Crippen LogP contribution in [0.25, 0.3) is 0 Å². The summed E-state index contributed by atoms with van der Waals surface area (Å²) < 4.78 is 0. The molecule has 1 aliphatic heterocycles. The number of carboxylic acid groups (broad SMARTS) is 1. The van der Waals surface area contributed by atoms with Gasteiger partial charge in [0.05, 0.1) is 6.42 Å². The fraction of sp³-hybridized carbons (Fsp3) is 0.867. The Labute approximate surface area is 127 Å². The van der Waals surface area contributed by atoms with Crippen molar-refractivity contribution in [2.45, 2.75) is 52.5 Å². The standard InChI is InChI=1S/C15H29N3O3/c1-15(2,3)12(11-13(19)20)17-14(21)16-7-6-10-18-8-4-5-9-18/h12H,4-11H2,1-3H3,(H,19,20)(H2,16,17,21). The topological polar surface area (TPSA) is 81.7 Å². The van der Waals surface area contributed by atoms with Crippen LogP contribution < -0.4 is 10.6 Å². The van der Waals surface area contributed by atoms with Crippen molar-refractivity contribution in [1.82, 2.24) is 15.5 Å². The Balaban J connectivity index is 2.24. The second kappa shape index (κ2) is 8.22. The predicted octanol–water partition coefficient (Wildman–Crippen LogP) is 1.66. The molecule has 0 bridgehead atoms. The van der Waals surface area contributed by atoms with Crippen molar-refractivity contribution in [2.75, 3.05) is 26.2 Å². The minimum Gasteiger partial charge on any atom is -0.481 e. The van der Waals surface area contributed by atoms with Crippen LogP contribution in [0.15, 0.2) is 0 Å². The molecular weight excluding hydrogens is 270 g/mol.